The molecule has 3 N–H and O–H groups in total. The SMILES string of the molecule is NS(=O)(=O)c1cc(C(=O)O)ccc1F. The summed E-state index contributed by atoms with van der Waals surface area (Å²) >= 11 is 0. The topological polar surface area (TPSA) is 97.5 Å². The quantitative estimate of drug-likeness (QED) is 0.740. The van der Waals surface area contributed by atoms with Crippen LogP contribution in [-0.4, -0.2) is 19.5 Å². The number of rotatable bonds is 2. The molecule has 1 aromatic rings. The molecule has 0 spiro atoms. The van der Waals surface area contributed by atoms with Gasteiger partial charge in [0.1, 0.15) is 10.7 Å². The molecule has 0 aromatic heterocycles. The van der Waals surface area contributed by atoms with Crippen LogP contribution in [0.3, 0.4) is 0 Å². The first-order valence-corrected chi connectivity index (χ1v) is 4.92. The van der Waals surface area contributed by atoms with Gasteiger partial charge in [-0.3, -0.25) is 0 Å². The Labute approximate surface area is 79.0 Å². The fourth-order valence-electron chi connectivity index (χ4n) is 0.854. The number of carboxylic acids is 1. The Morgan fingerprint density at radius 2 is 2.00 bits per heavy atom. The Hall–Kier alpha value is -1.47. The van der Waals surface area contributed by atoms with E-state index in [1.54, 1.807) is 0 Å². The first-order chi connectivity index (χ1) is 6.32. The van der Waals surface area contributed by atoms with E-state index in [4.69, 9.17) is 5.11 Å². The zero-order chi connectivity index (χ0) is 10.9. The number of aromatic carboxylic acids is 1. The highest BCUT2D eigenvalue weighted by atomic mass is 32.2. The standard InChI is InChI=1S/C7H6FNO4S/c8-5-2-1-4(7(10)11)3-6(5)14(9,12)13/h1-3H,(H,10,11)(H2,9,12,13). The van der Waals surface area contributed by atoms with Crippen molar-refractivity contribution in [3.63, 3.8) is 0 Å². The van der Waals surface area contributed by atoms with Crippen molar-refractivity contribution >= 4 is 16.0 Å². The fourth-order valence-corrected chi connectivity index (χ4v) is 1.49. The van der Waals surface area contributed by atoms with E-state index in [1.807, 2.05) is 0 Å². The molecule has 0 aliphatic carbocycles. The van der Waals surface area contributed by atoms with Crippen LogP contribution in [-0.2, 0) is 10.0 Å². The summed E-state index contributed by atoms with van der Waals surface area (Å²) < 4.78 is 34.4. The number of sulfonamides is 1. The minimum absolute atomic E-state index is 0.338. The second-order valence-electron chi connectivity index (χ2n) is 2.50. The largest absolute Gasteiger partial charge is 0.478 e. The van der Waals surface area contributed by atoms with Gasteiger partial charge in [0.15, 0.2) is 0 Å². The highest BCUT2D eigenvalue weighted by Gasteiger charge is 2.16. The first-order valence-electron chi connectivity index (χ1n) is 3.38. The fraction of sp³-hybridized carbons (Fsp3) is 0. The summed E-state index contributed by atoms with van der Waals surface area (Å²) in [6.45, 7) is 0. The lowest BCUT2D eigenvalue weighted by Gasteiger charge is -2.01. The summed E-state index contributed by atoms with van der Waals surface area (Å²) in [5.74, 6) is -2.42. The van der Waals surface area contributed by atoms with Crippen molar-refractivity contribution in [1.29, 1.82) is 0 Å². The average Bonchev–Trinajstić information content (AvgIpc) is 2.02. The monoisotopic (exact) mass is 219 g/mol. The normalized spacial score (nSPS) is 11.3. The molecule has 0 heterocycles. The van der Waals surface area contributed by atoms with E-state index in [0.717, 1.165) is 12.1 Å². The molecule has 0 fully saturated rings. The van der Waals surface area contributed by atoms with Crippen LogP contribution < -0.4 is 5.14 Å². The number of hydrogen-bond acceptors (Lipinski definition) is 3. The number of benzene rings is 1. The minimum Gasteiger partial charge on any atom is -0.478 e. The summed E-state index contributed by atoms with van der Waals surface area (Å²) in [6.07, 6.45) is 0. The highest BCUT2D eigenvalue weighted by molar-refractivity contribution is 7.89. The van der Waals surface area contributed by atoms with Crippen molar-refractivity contribution in [3.05, 3.63) is 29.6 Å². The van der Waals surface area contributed by atoms with E-state index in [9.17, 15) is 17.6 Å². The van der Waals surface area contributed by atoms with Crippen LogP contribution in [0.4, 0.5) is 4.39 Å². The zero-order valence-electron chi connectivity index (χ0n) is 6.77. The number of hydrogen-bond donors (Lipinski definition) is 2. The molecule has 1 aromatic carbocycles. The van der Waals surface area contributed by atoms with Gasteiger partial charge in [-0.25, -0.2) is 22.7 Å². The van der Waals surface area contributed by atoms with Gasteiger partial charge >= 0.3 is 5.97 Å². The van der Waals surface area contributed by atoms with Crippen LogP contribution in [0.15, 0.2) is 23.1 Å². The van der Waals surface area contributed by atoms with Crippen LogP contribution >= 0.6 is 0 Å². The van der Waals surface area contributed by atoms with Gasteiger partial charge in [0.05, 0.1) is 5.56 Å². The molecule has 14 heavy (non-hydrogen) atoms. The molecule has 0 radical (unpaired) electrons. The van der Waals surface area contributed by atoms with Crippen LogP contribution in [0.25, 0.3) is 0 Å². The predicted octanol–water partition coefficient (Wildman–Crippen LogP) is 0.171. The summed E-state index contributed by atoms with van der Waals surface area (Å²) in [4.78, 5) is 9.61. The molecule has 0 atom stereocenters. The molecular weight excluding hydrogens is 213 g/mol. The first kappa shape index (κ1) is 10.6. The third-order valence-corrected chi connectivity index (χ3v) is 2.41. The Morgan fingerprint density at radius 1 is 1.43 bits per heavy atom. The van der Waals surface area contributed by atoms with E-state index in [1.165, 1.54) is 0 Å². The number of carboxylic acid groups (broad SMARTS) is 1. The predicted molar refractivity (Wildman–Crippen MR) is 44.7 cm³/mol. The molecule has 1 rings (SSSR count). The molecule has 0 saturated heterocycles. The summed E-state index contributed by atoms with van der Waals surface area (Å²) in [5.41, 5.74) is -0.338. The van der Waals surface area contributed by atoms with E-state index < -0.39 is 26.7 Å². The molecule has 0 aliphatic heterocycles. The van der Waals surface area contributed by atoms with Gasteiger partial charge in [-0.2, -0.15) is 0 Å². The Bertz CT molecular complexity index is 482. The summed E-state index contributed by atoms with van der Waals surface area (Å²) in [6, 6.07) is 2.36. The molecule has 0 aliphatic rings. The molecule has 7 heteroatoms. The smallest absolute Gasteiger partial charge is 0.335 e. The molecule has 76 valence electrons. The lowest BCUT2D eigenvalue weighted by molar-refractivity contribution is 0.0696. The molecule has 0 amide bonds. The Morgan fingerprint density at radius 3 is 2.43 bits per heavy atom. The maximum absolute atomic E-state index is 12.9. The van der Waals surface area contributed by atoms with Gasteiger partial charge in [0.2, 0.25) is 10.0 Å². The minimum atomic E-state index is -4.23. The van der Waals surface area contributed by atoms with Crippen molar-refractivity contribution < 1.29 is 22.7 Å². The third-order valence-electron chi connectivity index (χ3n) is 1.48. The highest BCUT2D eigenvalue weighted by Crippen LogP contribution is 2.14. The second-order valence-corrected chi connectivity index (χ2v) is 4.03. The summed E-state index contributed by atoms with van der Waals surface area (Å²) in [7, 11) is -4.23. The van der Waals surface area contributed by atoms with E-state index in [0.29, 0.717) is 6.07 Å². The molecule has 0 unspecified atom stereocenters. The van der Waals surface area contributed by atoms with Crippen molar-refractivity contribution in [2.45, 2.75) is 4.90 Å². The van der Waals surface area contributed by atoms with Crippen LogP contribution in [0, 0.1) is 5.82 Å². The molecular formula is C7H6FNO4S. The average molecular weight is 219 g/mol. The zero-order valence-corrected chi connectivity index (χ0v) is 7.58. The van der Waals surface area contributed by atoms with E-state index in [2.05, 4.69) is 5.14 Å². The molecule has 5 nitrogen and oxygen atoms in total. The van der Waals surface area contributed by atoms with E-state index in [-0.39, 0.29) is 5.56 Å². The van der Waals surface area contributed by atoms with Gasteiger partial charge < -0.3 is 5.11 Å². The summed E-state index contributed by atoms with van der Waals surface area (Å²) in [5, 5.41) is 13.2. The number of halogens is 1. The number of primary sulfonamides is 1. The Kier molecular flexibility index (Phi) is 2.54. The van der Waals surface area contributed by atoms with Gasteiger partial charge in [-0.05, 0) is 18.2 Å². The van der Waals surface area contributed by atoms with Crippen molar-refractivity contribution in [2.75, 3.05) is 0 Å². The van der Waals surface area contributed by atoms with Crippen molar-refractivity contribution in [3.8, 4) is 0 Å². The molecule has 0 bridgehead atoms. The van der Waals surface area contributed by atoms with Gasteiger partial charge in [-0.1, -0.05) is 0 Å². The van der Waals surface area contributed by atoms with E-state index >= 15 is 0 Å². The number of nitrogens with two attached hydrogens (primary N) is 1. The van der Waals surface area contributed by atoms with Crippen LogP contribution in [0.1, 0.15) is 10.4 Å². The Balaban J connectivity index is 3.44. The molecule has 0 saturated carbocycles. The van der Waals surface area contributed by atoms with Gasteiger partial charge in [0.25, 0.3) is 0 Å². The maximum atomic E-state index is 12.9. The lowest BCUT2D eigenvalue weighted by atomic mass is 10.2. The van der Waals surface area contributed by atoms with Crippen molar-refractivity contribution in [2.24, 2.45) is 5.14 Å². The van der Waals surface area contributed by atoms with Crippen LogP contribution in [0.5, 0.6) is 0 Å². The third kappa shape index (κ3) is 2.06. The van der Waals surface area contributed by atoms with Gasteiger partial charge in [-0.15, -0.1) is 0 Å². The van der Waals surface area contributed by atoms with Crippen LogP contribution in [0.2, 0.25) is 0 Å². The second kappa shape index (κ2) is 3.35. The maximum Gasteiger partial charge on any atom is 0.335 e. The number of carbonyl (C=O) groups is 1. The van der Waals surface area contributed by atoms with Gasteiger partial charge in [0, 0.05) is 0 Å². The lowest BCUT2D eigenvalue weighted by Crippen LogP contribution is -2.15. The van der Waals surface area contributed by atoms with Crippen molar-refractivity contribution in [1.82, 2.24) is 0 Å².